The molecule has 1 atom stereocenters. The highest BCUT2D eigenvalue weighted by molar-refractivity contribution is 6.78. The molecule has 1 unspecified atom stereocenters. The largest absolute Gasteiger partial charge is 0.415 e. The molecule has 72 valence electrons. The van der Waals surface area contributed by atoms with Gasteiger partial charge in [0, 0.05) is 6.61 Å². The van der Waals surface area contributed by atoms with Crippen molar-refractivity contribution in [2.75, 3.05) is 6.61 Å². The van der Waals surface area contributed by atoms with Crippen LogP contribution >= 0.6 is 0 Å². The van der Waals surface area contributed by atoms with Gasteiger partial charge in [0.1, 0.15) is 0 Å². The summed E-state index contributed by atoms with van der Waals surface area (Å²) in [7, 11) is -4.37. The van der Waals surface area contributed by atoms with Gasteiger partial charge in [-0.25, -0.2) is 0 Å². The van der Waals surface area contributed by atoms with Crippen LogP contribution in [0.3, 0.4) is 0 Å². The van der Waals surface area contributed by atoms with Crippen molar-refractivity contribution in [1.82, 2.24) is 0 Å². The Morgan fingerprint density at radius 3 is 2.50 bits per heavy atom. The Labute approximate surface area is 76.2 Å². The molecule has 1 aliphatic rings. The van der Waals surface area contributed by atoms with Crippen molar-refractivity contribution in [3.63, 3.8) is 0 Å². The van der Waals surface area contributed by atoms with E-state index in [1.54, 1.807) is 0 Å². The Balaban J connectivity index is 2.58. The van der Waals surface area contributed by atoms with Gasteiger partial charge in [-0.2, -0.15) is 0 Å². The normalized spacial score (nSPS) is 37.0. The van der Waals surface area contributed by atoms with Crippen molar-refractivity contribution in [3.05, 3.63) is 0 Å². The lowest BCUT2D eigenvalue weighted by atomic mass is 10.4. The van der Waals surface area contributed by atoms with Gasteiger partial charge in [0.15, 0.2) is 0 Å². The maximum absolute atomic E-state index is 9.89. The Bertz CT molecular complexity index is 143. The molecule has 1 aliphatic heterocycles. The van der Waals surface area contributed by atoms with Crippen LogP contribution in [0.1, 0.15) is 12.8 Å². The van der Waals surface area contributed by atoms with Gasteiger partial charge in [-0.15, -0.1) is 0 Å². The van der Waals surface area contributed by atoms with Gasteiger partial charge in [-0.3, -0.25) is 0 Å². The summed E-state index contributed by atoms with van der Waals surface area (Å²) in [5.74, 6) is 0. The second kappa shape index (κ2) is 3.59. The van der Waals surface area contributed by atoms with Crippen molar-refractivity contribution in [1.29, 1.82) is 0 Å². The molecule has 0 radical (unpaired) electrons. The zero-order valence-electron chi connectivity index (χ0n) is 8.09. The van der Waals surface area contributed by atoms with E-state index in [9.17, 15) is 4.80 Å². The highest BCUT2D eigenvalue weighted by atomic mass is 28.5. The summed E-state index contributed by atoms with van der Waals surface area (Å²) in [6, 6.07) is 0.854. The van der Waals surface area contributed by atoms with Crippen LogP contribution in [0, 0.1) is 0 Å². The molecule has 5 heteroatoms. The first-order valence-corrected chi connectivity index (χ1v) is 9.86. The SMILES string of the molecule is C[Si]1(O)CCCCO[Si](C)(C)O1. The average Bonchev–Trinajstić information content (AvgIpc) is 1.80. The van der Waals surface area contributed by atoms with Crippen molar-refractivity contribution in [2.24, 2.45) is 0 Å². The second-order valence-corrected chi connectivity index (χ2v) is 10.7. The highest BCUT2D eigenvalue weighted by Gasteiger charge is 2.38. The quantitative estimate of drug-likeness (QED) is 0.612. The Kier molecular flexibility index (Phi) is 3.11. The molecule has 1 saturated heterocycles. The zero-order chi connectivity index (χ0) is 9.24. The summed E-state index contributed by atoms with van der Waals surface area (Å²) in [4.78, 5) is 9.89. The molecular weight excluding hydrogens is 188 g/mol. The standard InChI is InChI=1S/C7H18O3Si2/c1-11(2)9-6-4-5-7-12(3,8)10-11/h8H,4-7H2,1-3H3. The van der Waals surface area contributed by atoms with E-state index in [1.165, 1.54) is 0 Å². The first-order chi connectivity index (χ1) is 5.41. The molecule has 0 aliphatic carbocycles. The van der Waals surface area contributed by atoms with Crippen LogP contribution < -0.4 is 0 Å². The van der Waals surface area contributed by atoms with Crippen molar-refractivity contribution in [3.8, 4) is 0 Å². The Morgan fingerprint density at radius 2 is 1.83 bits per heavy atom. The number of hydrogen-bond acceptors (Lipinski definition) is 3. The van der Waals surface area contributed by atoms with Gasteiger partial charge in [0.05, 0.1) is 0 Å². The fraction of sp³-hybridized carbons (Fsp3) is 1.00. The minimum Gasteiger partial charge on any atom is -0.415 e. The molecule has 0 spiro atoms. The lowest BCUT2D eigenvalue weighted by Gasteiger charge is -2.33. The lowest BCUT2D eigenvalue weighted by molar-refractivity contribution is 0.209. The molecule has 0 aromatic heterocycles. The summed E-state index contributed by atoms with van der Waals surface area (Å²) in [5.41, 5.74) is 0. The molecule has 12 heavy (non-hydrogen) atoms. The molecule has 0 saturated carbocycles. The Morgan fingerprint density at radius 1 is 1.17 bits per heavy atom. The zero-order valence-corrected chi connectivity index (χ0v) is 10.1. The first kappa shape index (κ1) is 10.4. The first-order valence-electron chi connectivity index (χ1n) is 4.48. The van der Waals surface area contributed by atoms with Crippen LogP contribution in [0.25, 0.3) is 0 Å². The second-order valence-electron chi connectivity index (χ2n) is 3.98. The minimum absolute atomic E-state index is 0.795. The molecule has 1 rings (SSSR count). The van der Waals surface area contributed by atoms with Crippen molar-refractivity contribution >= 4 is 17.1 Å². The highest BCUT2D eigenvalue weighted by Crippen LogP contribution is 2.22. The van der Waals surface area contributed by atoms with E-state index in [0.717, 1.165) is 25.5 Å². The third kappa shape index (κ3) is 3.36. The van der Waals surface area contributed by atoms with Gasteiger partial charge >= 0.3 is 17.1 Å². The smallest absolute Gasteiger partial charge is 0.323 e. The van der Waals surface area contributed by atoms with E-state index < -0.39 is 17.1 Å². The number of hydrogen-bond donors (Lipinski definition) is 1. The fourth-order valence-electron chi connectivity index (χ4n) is 1.48. The van der Waals surface area contributed by atoms with E-state index in [4.69, 9.17) is 8.54 Å². The lowest BCUT2D eigenvalue weighted by Crippen LogP contribution is -2.49. The molecular formula is C7H18O3Si2. The van der Waals surface area contributed by atoms with E-state index in [0.29, 0.717) is 0 Å². The van der Waals surface area contributed by atoms with Crippen LogP contribution in [0.2, 0.25) is 25.7 Å². The van der Waals surface area contributed by atoms with Gasteiger partial charge in [-0.05, 0) is 38.5 Å². The molecule has 1 fully saturated rings. The third-order valence-electron chi connectivity index (χ3n) is 1.95. The molecule has 0 aromatic rings. The molecule has 0 amide bonds. The third-order valence-corrected chi connectivity index (χ3v) is 7.86. The summed E-state index contributed by atoms with van der Waals surface area (Å²) in [5, 5.41) is 0. The van der Waals surface area contributed by atoms with Crippen molar-refractivity contribution < 1.29 is 13.3 Å². The average molecular weight is 206 g/mol. The monoisotopic (exact) mass is 206 g/mol. The maximum atomic E-state index is 9.89. The molecule has 1 N–H and O–H groups in total. The topological polar surface area (TPSA) is 38.7 Å². The molecule has 1 heterocycles. The van der Waals surface area contributed by atoms with E-state index in [2.05, 4.69) is 0 Å². The predicted octanol–water partition coefficient (Wildman–Crippen LogP) is 1.58. The van der Waals surface area contributed by atoms with Gasteiger partial charge < -0.3 is 13.3 Å². The maximum Gasteiger partial charge on any atom is 0.323 e. The summed E-state index contributed by atoms with van der Waals surface area (Å²) in [6.45, 7) is 6.65. The van der Waals surface area contributed by atoms with Gasteiger partial charge in [-0.1, -0.05) is 0 Å². The summed E-state index contributed by atoms with van der Waals surface area (Å²) < 4.78 is 11.3. The van der Waals surface area contributed by atoms with Crippen LogP contribution in [-0.2, 0) is 8.54 Å². The molecule has 0 bridgehead atoms. The fourth-order valence-corrected chi connectivity index (χ4v) is 7.91. The number of rotatable bonds is 0. The van der Waals surface area contributed by atoms with E-state index in [-0.39, 0.29) is 0 Å². The minimum atomic E-state index is -2.37. The van der Waals surface area contributed by atoms with E-state index >= 15 is 0 Å². The van der Waals surface area contributed by atoms with Gasteiger partial charge in [0.25, 0.3) is 0 Å². The van der Waals surface area contributed by atoms with Crippen LogP contribution in [0.4, 0.5) is 0 Å². The van der Waals surface area contributed by atoms with Gasteiger partial charge in [0.2, 0.25) is 0 Å². The molecule has 0 aromatic carbocycles. The van der Waals surface area contributed by atoms with Crippen molar-refractivity contribution in [2.45, 2.75) is 38.5 Å². The predicted molar refractivity (Wildman–Crippen MR) is 52.4 cm³/mol. The summed E-state index contributed by atoms with van der Waals surface area (Å²) in [6.07, 6.45) is 2.09. The van der Waals surface area contributed by atoms with Crippen LogP contribution in [0.5, 0.6) is 0 Å². The van der Waals surface area contributed by atoms with Crippen LogP contribution in [-0.4, -0.2) is 28.5 Å². The van der Waals surface area contributed by atoms with E-state index in [1.807, 2.05) is 19.6 Å². The summed E-state index contributed by atoms with van der Waals surface area (Å²) >= 11 is 0. The Hall–Kier alpha value is 0.314. The van der Waals surface area contributed by atoms with Crippen LogP contribution in [0.15, 0.2) is 0 Å². The molecule has 3 nitrogen and oxygen atoms in total.